The van der Waals surface area contributed by atoms with E-state index in [0.717, 1.165) is 59.1 Å². The van der Waals surface area contributed by atoms with Crippen molar-refractivity contribution in [2.24, 2.45) is 0 Å². The monoisotopic (exact) mass is 652 g/mol. The number of ether oxygens (including phenoxy) is 1. The van der Waals surface area contributed by atoms with Crippen LogP contribution in [-0.2, 0) is 0 Å². The van der Waals surface area contributed by atoms with E-state index < -0.39 is 0 Å². The van der Waals surface area contributed by atoms with E-state index in [1.165, 1.54) is 5.56 Å². The Morgan fingerprint density at radius 1 is 0.732 bits per heavy atom. The second-order valence-corrected chi connectivity index (χ2v) is 12.8. The first-order chi connectivity index (χ1) is 19.8. The highest BCUT2D eigenvalue weighted by Gasteiger charge is 2.39. The van der Waals surface area contributed by atoms with Crippen LogP contribution >= 0.6 is 39.1 Å². The first kappa shape index (κ1) is 28.4. The maximum Gasteiger partial charge on any atom is 0.149 e. The lowest BCUT2D eigenvalue weighted by atomic mass is 9.86. The predicted octanol–water partition coefficient (Wildman–Crippen LogP) is 7.67. The number of likely N-dealkylation sites (N-methyl/N-ethyl adjacent to an activating group) is 2. The molecule has 9 heteroatoms. The molecule has 3 aliphatic rings. The van der Waals surface area contributed by atoms with Gasteiger partial charge in [-0.1, -0.05) is 35.3 Å². The fraction of sp³-hybridized carbons (Fsp3) is 0.312. The van der Waals surface area contributed by atoms with Crippen molar-refractivity contribution in [3.63, 3.8) is 0 Å². The number of likely N-dealkylation sites (tertiary alicyclic amines) is 2. The molecule has 7 rings (SSSR count). The lowest BCUT2D eigenvalue weighted by molar-refractivity contribution is 0.400. The van der Waals surface area contributed by atoms with Gasteiger partial charge in [0.15, 0.2) is 0 Å². The molecule has 4 atom stereocenters. The summed E-state index contributed by atoms with van der Waals surface area (Å²) in [5, 5.41) is 11.5. The molecule has 212 valence electrons. The number of aromatic hydroxyl groups is 1. The molecule has 1 N–H and O–H groups in total. The van der Waals surface area contributed by atoms with Crippen molar-refractivity contribution in [2.45, 2.75) is 23.7 Å². The van der Waals surface area contributed by atoms with Crippen LogP contribution in [0.3, 0.4) is 0 Å². The normalized spacial score (nSPS) is 23.4. The van der Waals surface area contributed by atoms with E-state index >= 15 is 0 Å². The van der Waals surface area contributed by atoms with Gasteiger partial charge in [0.05, 0.1) is 11.4 Å². The van der Waals surface area contributed by atoms with E-state index in [9.17, 15) is 5.11 Å². The summed E-state index contributed by atoms with van der Waals surface area (Å²) in [4.78, 5) is 13.7. The number of hydrogen-bond acceptors (Lipinski definition) is 6. The average molecular weight is 654 g/mol. The van der Waals surface area contributed by atoms with Crippen LogP contribution in [0.25, 0.3) is 0 Å². The van der Waals surface area contributed by atoms with Crippen molar-refractivity contribution in [3.8, 4) is 17.2 Å². The van der Waals surface area contributed by atoms with Crippen molar-refractivity contribution < 1.29 is 9.84 Å². The summed E-state index contributed by atoms with van der Waals surface area (Å²) in [6, 6.07) is 19.2. The number of phenols is 1. The van der Waals surface area contributed by atoms with Gasteiger partial charge in [-0.05, 0) is 89.7 Å². The topological polar surface area (TPSA) is 61.7 Å². The summed E-state index contributed by atoms with van der Waals surface area (Å²) in [5.41, 5.74) is 4.28. The van der Waals surface area contributed by atoms with Gasteiger partial charge in [-0.2, -0.15) is 0 Å². The van der Waals surface area contributed by atoms with Gasteiger partial charge in [0.2, 0.25) is 0 Å². The fourth-order valence-electron chi connectivity index (χ4n) is 6.48. The van der Waals surface area contributed by atoms with Gasteiger partial charge in [-0.3, -0.25) is 9.97 Å². The van der Waals surface area contributed by atoms with Crippen LogP contribution in [0.15, 0.2) is 77.5 Å². The van der Waals surface area contributed by atoms with E-state index in [2.05, 4.69) is 55.9 Å². The number of pyridine rings is 2. The fourth-order valence-corrected chi connectivity index (χ4v) is 7.35. The molecule has 0 amide bonds. The molecule has 0 saturated carbocycles. The average Bonchev–Trinajstić information content (AvgIpc) is 3.48. The highest BCUT2D eigenvalue weighted by Crippen LogP contribution is 2.49. The second-order valence-electron chi connectivity index (χ2n) is 11.1. The van der Waals surface area contributed by atoms with E-state index in [0.29, 0.717) is 21.9 Å². The minimum absolute atomic E-state index is 0.207. The molecule has 0 aliphatic carbocycles. The Morgan fingerprint density at radius 2 is 1.29 bits per heavy atom. The van der Waals surface area contributed by atoms with Crippen LogP contribution in [0.1, 0.15) is 46.2 Å². The minimum Gasteiger partial charge on any atom is -0.508 e. The molecule has 2 unspecified atom stereocenters. The largest absolute Gasteiger partial charge is 0.508 e. The SMILES string of the molecule is CN1CC(c2ccc(Cl)cc2O)C(c2ncccc2Br)C1.CN1C[C@@H]2c3ncccc3Oc3cc(Cl)ccc3[C@@H]2C1. The zero-order valence-corrected chi connectivity index (χ0v) is 25.9. The molecular formula is C32H31BrCl2N4O2. The van der Waals surface area contributed by atoms with Gasteiger partial charge in [-0.15, -0.1) is 0 Å². The standard InChI is InChI=1S/C16H16BrClN2O.C16H15ClN2O/c1-20-8-12(11-5-4-10(18)7-15(11)21)13(9-20)16-14(17)3-2-6-19-16;1-19-8-12-11-5-4-10(17)7-15(11)20-14-3-2-6-18-16(14)13(12)9-19/h2-7,12-13,21H,8-9H2,1H3;2-7,12-13H,8-9H2,1H3/t;12-,13-/m.0/s1. The summed E-state index contributed by atoms with van der Waals surface area (Å²) in [6.07, 6.45) is 3.66. The lowest BCUT2D eigenvalue weighted by Gasteiger charge is -2.20. The van der Waals surface area contributed by atoms with Crippen molar-refractivity contribution in [1.82, 2.24) is 19.8 Å². The molecule has 2 saturated heterocycles. The lowest BCUT2D eigenvalue weighted by Crippen LogP contribution is -2.14. The highest BCUT2D eigenvalue weighted by molar-refractivity contribution is 9.10. The van der Waals surface area contributed by atoms with E-state index in [-0.39, 0.29) is 17.6 Å². The number of fused-ring (bicyclic) bond motifs is 5. The molecular weight excluding hydrogens is 623 g/mol. The quantitative estimate of drug-likeness (QED) is 0.240. The minimum atomic E-state index is 0.207. The Hall–Kier alpha value is -2.68. The molecule has 41 heavy (non-hydrogen) atoms. The van der Waals surface area contributed by atoms with Crippen molar-refractivity contribution in [2.75, 3.05) is 40.3 Å². The number of aromatic nitrogens is 2. The Balaban J connectivity index is 0.000000148. The number of hydrogen-bond donors (Lipinski definition) is 1. The highest BCUT2D eigenvalue weighted by atomic mass is 79.9. The van der Waals surface area contributed by atoms with Crippen LogP contribution in [0, 0.1) is 0 Å². The molecule has 0 bridgehead atoms. The van der Waals surface area contributed by atoms with Gasteiger partial charge in [0, 0.05) is 76.8 Å². The molecule has 3 aliphatic heterocycles. The first-order valence-electron chi connectivity index (χ1n) is 13.7. The van der Waals surface area contributed by atoms with Crippen LogP contribution in [0.5, 0.6) is 17.2 Å². The van der Waals surface area contributed by atoms with Gasteiger partial charge in [-0.25, -0.2) is 0 Å². The third-order valence-electron chi connectivity index (χ3n) is 8.28. The van der Waals surface area contributed by atoms with Crippen molar-refractivity contribution >= 4 is 39.1 Å². The van der Waals surface area contributed by atoms with E-state index in [4.69, 9.17) is 27.9 Å². The Labute approximate surface area is 259 Å². The summed E-state index contributed by atoms with van der Waals surface area (Å²) in [7, 11) is 4.25. The number of phenolic OH excluding ortho intramolecular Hbond substituents is 1. The molecule has 5 heterocycles. The van der Waals surface area contributed by atoms with E-state index in [1.54, 1.807) is 6.07 Å². The van der Waals surface area contributed by atoms with Crippen LogP contribution in [-0.4, -0.2) is 65.1 Å². The van der Waals surface area contributed by atoms with Crippen LogP contribution in [0.4, 0.5) is 0 Å². The number of halogens is 3. The molecule has 4 aromatic rings. The Morgan fingerprint density at radius 3 is 1.98 bits per heavy atom. The van der Waals surface area contributed by atoms with Crippen LogP contribution in [0.2, 0.25) is 10.0 Å². The second kappa shape index (κ2) is 11.9. The van der Waals surface area contributed by atoms with Crippen LogP contribution < -0.4 is 4.74 Å². The maximum absolute atomic E-state index is 10.2. The van der Waals surface area contributed by atoms with Gasteiger partial charge in [0.25, 0.3) is 0 Å². The van der Waals surface area contributed by atoms with Gasteiger partial charge < -0.3 is 19.6 Å². The molecule has 0 radical (unpaired) electrons. The Bertz CT molecular complexity index is 1570. The number of benzene rings is 2. The maximum atomic E-state index is 10.2. The summed E-state index contributed by atoms with van der Waals surface area (Å²) in [5.74, 6) is 3.26. The smallest absolute Gasteiger partial charge is 0.149 e. The third kappa shape index (κ3) is 5.84. The zero-order valence-electron chi connectivity index (χ0n) is 22.8. The summed E-state index contributed by atoms with van der Waals surface area (Å²) in [6.45, 7) is 3.85. The number of nitrogens with zero attached hydrogens (tertiary/aromatic N) is 4. The zero-order chi connectivity index (χ0) is 28.7. The van der Waals surface area contributed by atoms with Crippen molar-refractivity contribution in [1.29, 1.82) is 0 Å². The Kier molecular flexibility index (Phi) is 8.25. The third-order valence-corrected chi connectivity index (χ3v) is 9.42. The first-order valence-corrected chi connectivity index (χ1v) is 15.2. The predicted molar refractivity (Wildman–Crippen MR) is 167 cm³/mol. The van der Waals surface area contributed by atoms with Crippen molar-refractivity contribution in [3.05, 3.63) is 110 Å². The molecule has 2 aromatic heterocycles. The van der Waals surface area contributed by atoms with Gasteiger partial charge in [0.1, 0.15) is 17.2 Å². The van der Waals surface area contributed by atoms with Gasteiger partial charge >= 0.3 is 0 Å². The molecule has 6 nitrogen and oxygen atoms in total. The van der Waals surface area contributed by atoms with E-state index in [1.807, 2.05) is 60.9 Å². The summed E-state index contributed by atoms with van der Waals surface area (Å²) < 4.78 is 7.11. The molecule has 0 spiro atoms. The summed E-state index contributed by atoms with van der Waals surface area (Å²) >= 11 is 15.7. The number of rotatable bonds is 2. The molecule has 2 aromatic carbocycles. The molecule has 2 fully saturated rings.